The van der Waals surface area contributed by atoms with Gasteiger partial charge in [0, 0.05) is 18.2 Å². The zero-order valence-corrected chi connectivity index (χ0v) is 19.8. The lowest BCUT2D eigenvalue weighted by Crippen LogP contribution is -2.14. The molecule has 3 aromatic rings. The minimum Gasteiger partial charge on any atom is -0.370 e. The molecule has 0 unspecified atom stereocenters. The van der Waals surface area contributed by atoms with Crippen molar-refractivity contribution in [3.8, 4) is 11.3 Å². The van der Waals surface area contributed by atoms with E-state index in [9.17, 15) is 16.8 Å². The highest BCUT2D eigenvalue weighted by Gasteiger charge is 2.16. The summed E-state index contributed by atoms with van der Waals surface area (Å²) in [5.74, 6) is 0.633. The van der Waals surface area contributed by atoms with Gasteiger partial charge >= 0.3 is 0 Å². The van der Waals surface area contributed by atoms with Crippen LogP contribution in [0.1, 0.15) is 17.5 Å². The second-order valence-electron chi connectivity index (χ2n) is 7.45. The average molecular weight is 492 g/mol. The van der Waals surface area contributed by atoms with Crippen LogP contribution in [0.3, 0.4) is 0 Å². The molecule has 0 aliphatic carbocycles. The Balaban J connectivity index is 1.57. The molecule has 2 aromatic carbocycles. The molecule has 33 heavy (non-hydrogen) atoms. The van der Waals surface area contributed by atoms with Crippen LogP contribution in [0.5, 0.6) is 0 Å². The molecule has 5 N–H and O–H groups in total. The molecule has 10 nitrogen and oxygen atoms in total. The maximum Gasteiger partial charge on any atom is 0.296 e. The van der Waals surface area contributed by atoms with E-state index in [1.54, 1.807) is 6.07 Å². The van der Waals surface area contributed by atoms with Crippen LogP contribution in [-0.4, -0.2) is 40.0 Å². The van der Waals surface area contributed by atoms with Gasteiger partial charge in [-0.15, -0.1) is 0 Å². The fourth-order valence-electron chi connectivity index (χ4n) is 3.15. The number of anilines is 2. The lowest BCUT2D eigenvalue weighted by Gasteiger charge is -2.10. The van der Waals surface area contributed by atoms with Crippen LogP contribution in [0.25, 0.3) is 11.3 Å². The van der Waals surface area contributed by atoms with E-state index in [-0.39, 0.29) is 22.3 Å². The largest absolute Gasteiger partial charge is 0.370 e. The molecule has 12 heteroatoms. The van der Waals surface area contributed by atoms with Gasteiger partial charge in [0.05, 0.1) is 22.1 Å². The second-order valence-corrected chi connectivity index (χ2v) is 10.6. The molecule has 3 rings (SSSR count). The predicted octanol–water partition coefficient (Wildman–Crippen LogP) is 2.20. The summed E-state index contributed by atoms with van der Waals surface area (Å²) < 4.78 is 52.1. The lowest BCUT2D eigenvalue weighted by molar-refractivity contribution is 0.316. The monoisotopic (exact) mass is 491 g/mol. The molecule has 0 fully saturated rings. The molecule has 0 saturated heterocycles. The summed E-state index contributed by atoms with van der Waals surface area (Å²) in [6, 6.07) is 12.3. The molecule has 0 amide bonds. The van der Waals surface area contributed by atoms with Gasteiger partial charge in [0.1, 0.15) is 5.82 Å². The highest BCUT2D eigenvalue weighted by atomic mass is 32.2. The van der Waals surface area contributed by atoms with E-state index in [4.69, 9.17) is 15.1 Å². The maximum absolute atomic E-state index is 12.3. The summed E-state index contributed by atoms with van der Waals surface area (Å²) >= 11 is 0. The molecular weight excluding hydrogens is 466 g/mol. The summed E-state index contributed by atoms with van der Waals surface area (Å²) in [5, 5.41) is 8.10. The van der Waals surface area contributed by atoms with Gasteiger partial charge in [0.15, 0.2) is 0 Å². The van der Waals surface area contributed by atoms with Crippen LogP contribution in [-0.2, 0) is 24.3 Å². The summed E-state index contributed by atoms with van der Waals surface area (Å²) in [6.45, 7) is 4.30. The highest BCUT2D eigenvalue weighted by molar-refractivity contribution is 7.89. The number of nitrogens with one attached hydrogen (secondary N) is 1. The smallest absolute Gasteiger partial charge is 0.296 e. The fraction of sp³-hybridized carbons (Fsp3) is 0.238. The molecule has 0 atom stereocenters. The Morgan fingerprint density at radius 2 is 1.52 bits per heavy atom. The molecular formula is C21H25N5O5S2. The van der Waals surface area contributed by atoms with Crippen molar-refractivity contribution in [3.05, 3.63) is 59.7 Å². The molecule has 1 aromatic heterocycles. The Kier molecular flexibility index (Phi) is 7.32. The minimum atomic E-state index is -4.03. The van der Waals surface area contributed by atoms with Gasteiger partial charge < -0.3 is 11.1 Å². The number of nitrogen functional groups attached to an aromatic ring is 1. The zero-order chi connectivity index (χ0) is 24.2. The standard InChI is InChI=1S/C21H25N5O5S2/c1-14-10-15(2)12-16(11-14)19-13-20(26-21(22)25-19)24-8-3-9-31-33(29,30)18-6-4-17(5-7-18)32(23,27)28/h4-7,10-13H,3,8-9H2,1-2H3,(H2,23,27,28)(H3,22,24,25,26). The maximum atomic E-state index is 12.3. The summed E-state index contributed by atoms with van der Waals surface area (Å²) in [7, 11) is -7.94. The fourth-order valence-corrected chi connectivity index (χ4v) is 4.61. The summed E-state index contributed by atoms with van der Waals surface area (Å²) in [5.41, 5.74) is 9.67. The van der Waals surface area contributed by atoms with Gasteiger partial charge in [-0.05, 0) is 56.7 Å². The van der Waals surface area contributed by atoms with Gasteiger partial charge in [-0.25, -0.2) is 18.5 Å². The van der Waals surface area contributed by atoms with Gasteiger partial charge in [-0.3, -0.25) is 4.18 Å². The number of aromatic nitrogens is 2. The van der Waals surface area contributed by atoms with E-state index >= 15 is 0 Å². The Morgan fingerprint density at radius 3 is 2.12 bits per heavy atom. The van der Waals surface area contributed by atoms with Gasteiger partial charge in [-0.1, -0.05) is 17.2 Å². The van der Waals surface area contributed by atoms with E-state index in [2.05, 4.69) is 21.4 Å². The molecule has 0 saturated carbocycles. The van der Waals surface area contributed by atoms with E-state index in [0.29, 0.717) is 24.5 Å². The Morgan fingerprint density at radius 1 is 0.909 bits per heavy atom. The summed E-state index contributed by atoms with van der Waals surface area (Å²) in [4.78, 5) is 8.11. The van der Waals surface area contributed by atoms with Crippen LogP contribution in [0.15, 0.2) is 58.3 Å². The number of benzene rings is 2. The average Bonchev–Trinajstić information content (AvgIpc) is 2.72. The van der Waals surface area contributed by atoms with Gasteiger partial charge in [0.2, 0.25) is 16.0 Å². The number of aryl methyl sites for hydroxylation is 2. The number of sulfonamides is 1. The van der Waals surface area contributed by atoms with Gasteiger partial charge in [-0.2, -0.15) is 13.4 Å². The molecule has 0 aliphatic heterocycles. The molecule has 0 spiro atoms. The third-order valence-corrected chi connectivity index (χ3v) is 6.82. The van der Waals surface area contributed by atoms with Crippen molar-refractivity contribution < 1.29 is 21.0 Å². The molecule has 1 heterocycles. The number of nitrogens with two attached hydrogens (primary N) is 2. The number of rotatable bonds is 9. The van der Waals surface area contributed by atoms with Crippen molar-refractivity contribution in [2.45, 2.75) is 30.1 Å². The normalized spacial score (nSPS) is 12.0. The van der Waals surface area contributed by atoms with Crippen LogP contribution >= 0.6 is 0 Å². The number of hydrogen-bond acceptors (Lipinski definition) is 9. The Bertz CT molecular complexity index is 1340. The summed E-state index contributed by atoms with van der Waals surface area (Å²) in [6.07, 6.45) is 0.358. The van der Waals surface area contributed by atoms with Crippen molar-refractivity contribution >= 4 is 31.9 Å². The second kappa shape index (κ2) is 9.83. The Hall–Kier alpha value is -3.06. The quantitative estimate of drug-likeness (QED) is 0.300. The first-order valence-corrected chi connectivity index (χ1v) is 12.9. The van der Waals surface area contributed by atoms with Crippen LogP contribution in [0.4, 0.5) is 11.8 Å². The van der Waals surface area contributed by atoms with Crippen molar-refractivity contribution in [3.63, 3.8) is 0 Å². The first-order valence-electron chi connectivity index (χ1n) is 9.93. The van der Waals surface area contributed by atoms with Crippen molar-refractivity contribution in [2.24, 2.45) is 5.14 Å². The van der Waals surface area contributed by atoms with Gasteiger partial charge in [0.25, 0.3) is 10.1 Å². The minimum absolute atomic E-state index is 0.0865. The van der Waals surface area contributed by atoms with Crippen molar-refractivity contribution in [1.82, 2.24) is 9.97 Å². The Labute approximate surface area is 193 Å². The molecule has 0 aliphatic rings. The number of primary sulfonamides is 1. The number of nitrogens with zero attached hydrogens (tertiary/aromatic N) is 2. The predicted molar refractivity (Wildman–Crippen MR) is 125 cm³/mol. The van der Waals surface area contributed by atoms with E-state index in [1.807, 2.05) is 26.0 Å². The highest BCUT2D eigenvalue weighted by Crippen LogP contribution is 2.23. The van der Waals surface area contributed by atoms with E-state index in [1.165, 1.54) is 0 Å². The van der Waals surface area contributed by atoms with Crippen LogP contribution < -0.4 is 16.2 Å². The van der Waals surface area contributed by atoms with Crippen LogP contribution in [0.2, 0.25) is 0 Å². The lowest BCUT2D eigenvalue weighted by atomic mass is 10.0. The van der Waals surface area contributed by atoms with E-state index < -0.39 is 20.1 Å². The van der Waals surface area contributed by atoms with Crippen molar-refractivity contribution in [1.29, 1.82) is 0 Å². The molecule has 176 valence electrons. The first-order chi connectivity index (χ1) is 15.4. The molecule has 0 bridgehead atoms. The molecule has 0 radical (unpaired) electrons. The third kappa shape index (κ3) is 6.71. The topological polar surface area (TPSA) is 167 Å². The van der Waals surface area contributed by atoms with Crippen molar-refractivity contribution in [2.75, 3.05) is 24.2 Å². The zero-order valence-electron chi connectivity index (χ0n) is 18.1. The first kappa shape index (κ1) is 24.6. The SMILES string of the molecule is Cc1cc(C)cc(-c2cc(NCCCOS(=O)(=O)c3ccc(S(N)(=O)=O)cc3)nc(N)n2)c1. The number of hydrogen-bond donors (Lipinski definition) is 3. The van der Waals surface area contributed by atoms with Crippen LogP contribution in [0, 0.1) is 13.8 Å². The third-order valence-electron chi connectivity index (χ3n) is 4.57. The van der Waals surface area contributed by atoms with E-state index in [0.717, 1.165) is 41.0 Å².